The molecule has 2 aromatic heterocycles. The van der Waals surface area contributed by atoms with Gasteiger partial charge in [-0.15, -0.1) is 0 Å². The predicted molar refractivity (Wildman–Crippen MR) is 73.6 cm³/mol. The van der Waals surface area contributed by atoms with E-state index in [9.17, 15) is 4.79 Å². The zero-order valence-electron chi connectivity index (χ0n) is 11.0. The lowest BCUT2D eigenvalue weighted by molar-refractivity contribution is -0.132. The van der Waals surface area contributed by atoms with Crippen LogP contribution in [0.15, 0.2) is 24.5 Å². The quantitative estimate of drug-likeness (QED) is 0.871. The van der Waals surface area contributed by atoms with Crippen LogP contribution in [0.4, 0.5) is 0 Å². The molecule has 0 bridgehead atoms. The fourth-order valence-corrected chi connectivity index (χ4v) is 2.59. The Morgan fingerprint density at radius 2 is 2.47 bits per heavy atom. The van der Waals surface area contributed by atoms with Crippen LogP contribution in [0, 0.1) is 0 Å². The zero-order valence-corrected chi connectivity index (χ0v) is 11.0. The van der Waals surface area contributed by atoms with Crippen LogP contribution < -0.4 is 5.32 Å². The van der Waals surface area contributed by atoms with E-state index < -0.39 is 0 Å². The number of carbonyl (C=O) groups excluding carboxylic acids is 1. The number of H-pyrrole nitrogens is 1. The number of aromatic amines is 1. The Labute approximate surface area is 112 Å². The molecular formula is C14H18N4O. The van der Waals surface area contributed by atoms with Crippen LogP contribution >= 0.6 is 0 Å². The van der Waals surface area contributed by atoms with E-state index in [-0.39, 0.29) is 5.91 Å². The highest BCUT2D eigenvalue weighted by molar-refractivity contribution is 5.79. The highest BCUT2D eigenvalue weighted by Gasteiger charge is 2.22. The maximum absolute atomic E-state index is 11.4. The topological polar surface area (TPSA) is 61.0 Å². The van der Waals surface area contributed by atoms with Gasteiger partial charge in [-0.25, -0.2) is 4.98 Å². The molecule has 1 unspecified atom stereocenters. The molecule has 3 rings (SSSR count). The minimum Gasteiger partial charge on any atom is -0.346 e. The Balaban J connectivity index is 1.65. The lowest BCUT2D eigenvalue weighted by atomic mass is 10.1. The third kappa shape index (κ3) is 2.46. The lowest BCUT2D eigenvalue weighted by Gasteiger charge is -2.30. The summed E-state index contributed by atoms with van der Waals surface area (Å²) < 4.78 is 0. The Morgan fingerprint density at radius 3 is 3.32 bits per heavy atom. The monoisotopic (exact) mass is 258 g/mol. The third-order valence-corrected chi connectivity index (χ3v) is 3.74. The second-order valence-corrected chi connectivity index (χ2v) is 5.10. The van der Waals surface area contributed by atoms with Crippen molar-refractivity contribution in [1.82, 2.24) is 20.2 Å². The number of rotatable bonds is 3. The van der Waals surface area contributed by atoms with Gasteiger partial charge >= 0.3 is 0 Å². The molecule has 1 saturated heterocycles. The molecule has 5 heteroatoms. The minimum atomic E-state index is 0.245. The molecule has 19 heavy (non-hydrogen) atoms. The van der Waals surface area contributed by atoms with E-state index in [4.69, 9.17) is 0 Å². The van der Waals surface area contributed by atoms with Crippen LogP contribution in [-0.4, -0.2) is 40.4 Å². The third-order valence-electron chi connectivity index (χ3n) is 3.74. The SMILES string of the molecule is CN1CC(NCc2c[nH]c3ncccc23)CCC1=O. The summed E-state index contributed by atoms with van der Waals surface area (Å²) in [5, 5.41) is 4.69. The highest BCUT2D eigenvalue weighted by Crippen LogP contribution is 2.16. The number of hydrogen-bond acceptors (Lipinski definition) is 3. The Kier molecular flexibility index (Phi) is 3.21. The molecule has 0 saturated carbocycles. The number of piperidine rings is 1. The predicted octanol–water partition coefficient (Wildman–Crippen LogP) is 1.27. The van der Waals surface area contributed by atoms with Gasteiger partial charge in [0.05, 0.1) is 0 Å². The summed E-state index contributed by atoms with van der Waals surface area (Å²) in [6.45, 7) is 1.60. The van der Waals surface area contributed by atoms with Crippen molar-refractivity contribution in [1.29, 1.82) is 0 Å². The van der Waals surface area contributed by atoms with Gasteiger partial charge in [0.15, 0.2) is 0 Å². The van der Waals surface area contributed by atoms with Crippen molar-refractivity contribution < 1.29 is 4.79 Å². The summed E-state index contributed by atoms with van der Waals surface area (Å²) in [7, 11) is 1.87. The van der Waals surface area contributed by atoms with Crippen molar-refractivity contribution >= 4 is 16.9 Å². The molecule has 1 amide bonds. The fraction of sp³-hybridized carbons (Fsp3) is 0.429. The number of nitrogens with one attached hydrogen (secondary N) is 2. The molecule has 0 aromatic carbocycles. The smallest absolute Gasteiger partial charge is 0.222 e. The van der Waals surface area contributed by atoms with Gasteiger partial charge in [-0.2, -0.15) is 0 Å². The first kappa shape index (κ1) is 12.2. The first-order valence-corrected chi connectivity index (χ1v) is 6.62. The summed E-state index contributed by atoms with van der Waals surface area (Å²) >= 11 is 0. The second kappa shape index (κ2) is 5.01. The molecular weight excluding hydrogens is 240 g/mol. The molecule has 5 nitrogen and oxygen atoms in total. The van der Waals surface area contributed by atoms with Crippen molar-refractivity contribution in [2.75, 3.05) is 13.6 Å². The van der Waals surface area contributed by atoms with Crippen molar-refractivity contribution in [3.8, 4) is 0 Å². The number of hydrogen-bond donors (Lipinski definition) is 2. The Hall–Kier alpha value is -1.88. The van der Waals surface area contributed by atoms with Crippen molar-refractivity contribution in [2.45, 2.75) is 25.4 Å². The number of carbonyl (C=O) groups is 1. The van der Waals surface area contributed by atoms with Gasteiger partial charge in [-0.3, -0.25) is 4.79 Å². The Morgan fingerprint density at radius 1 is 1.58 bits per heavy atom. The van der Waals surface area contributed by atoms with Gasteiger partial charge in [0.2, 0.25) is 5.91 Å². The van der Waals surface area contributed by atoms with Gasteiger partial charge in [-0.1, -0.05) is 0 Å². The van der Waals surface area contributed by atoms with E-state index in [0.29, 0.717) is 12.5 Å². The number of likely N-dealkylation sites (tertiary alicyclic amines) is 1. The average Bonchev–Trinajstić information content (AvgIpc) is 2.83. The summed E-state index contributed by atoms with van der Waals surface area (Å²) in [6, 6.07) is 4.41. The number of likely N-dealkylation sites (N-methyl/N-ethyl adjacent to an activating group) is 1. The maximum Gasteiger partial charge on any atom is 0.222 e. The number of fused-ring (bicyclic) bond motifs is 1. The van der Waals surface area contributed by atoms with E-state index >= 15 is 0 Å². The summed E-state index contributed by atoms with van der Waals surface area (Å²) in [5.74, 6) is 0.245. The second-order valence-electron chi connectivity index (χ2n) is 5.10. The lowest BCUT2D eigenvalue weighted by Crippen LogP contribution is -2.46. The van der Waals surface area contributed by atoms with Crippen LogP contribution in [0.5, 0.6) is 0 Å². The highest BCUT2D eigenvalue weighted by atomic mass is 16.2. The standard InChI is InChI=1S/C14H18N4O/c1-18-9-11(4-5-13(18)19)16-7-10-8-17-14-12(10)3-2-6-15-14/h2-3,6,8,11,16H,4-5,7,9H2,1H3,(H,15,17). The van der Waals surface area contributed by atoms with E-state index in [1.54, 1.807) is 11.1 Å². The molecule has 1 atom stereocenters. The molecule has 3 heterocycles. The zero-order chi connectivity index (χ0) is 13.2. The van der Waals surface area contributed by atoms with Crippen molar-refractivity contribution in [3.63, 3.8) is 0 Å². The summed E-state index contributed by atoms with van der Waals surface area (Å²) in [4.78, 5) is 20.7. The largest absolute Gasteiger partial charge is 0.346 e. The molecule has 0 spiro atoms. The summed E-state index contributed by atoms with van der Waals surface area (Å²) in [6.07, 6.45) is 5.35. The first-order valence-electron chi connectivity index (χ1n) is 6.62. The van der Waals surface area contributed by atoms with Crippen LogP contribution in [0.2, 0.25) is 0 Å². The molecule has 2 N–H and O–H groups in total. The molecule has 1 aliphatic heterocycles. The normalized spacial score (nSPS) is 20.2. The molecule has 100 valence electrons. The number of nitrogens with zero attached hydrogens (tertiary/aromatic N) is 2. The van der Waals surface area contributed by atoms with E-state index in [0.717, 1.165) is 30.5 Å². The van der Waals surface area contributed by atoms with Gasteiger partial charge in [0.25, 0.3) is 0 Å². The molecule has 2 aromatic rings. The van der Waals surface area contributed by atoms with Crippen molar-refractivity contribution in [2.24, 2.45) is 0 Å². The Bertz CT molecular complexity index is 592. The first-order chi connectivity index (χ1) is 9.24. The molecule has 1 fully saturated rings. The van der Waals surface area contributed by atoms with Gasteiger partial charge in [0, 0.05) is 50.4 Å². The van der Waals surface area contributed by atoms with Crippen LogP contribution in [0.25, 0.3) is 11.0 Å². The van der Waals surface area contributed by atoms with Gasteiger partial charge in [0.1, 0.15) is 5.65 Å². The average molecular weight is 258 g/mol. The maximum atomic E-state index is 11.4. The fourth-order valence-electron chi connectivity index (χ4n) is 2.59. The molecule has 0 aliphatic carbocycles. The molecule has 0 radical (unpaired) electrons. The van der Waals surface area contributed by atoms with Crippen LogP contribution in [0.3, 0.4) is 0 Å². The van der Waals surface area contributed by atoms with Crippen LogP contribution in [0.1, 0.15) is 18.4 Å². The van der Waals surface area contributed by atoms with Crippen LogP contribution in [-0.2, 0) is 11.3 Å². The number of amides is 1. The van der Waals surface area contributed by atoms with E-state index in [1.807, 2.05) is 19.3 Å². The summed E-state index contributed by atoms with van der Waals surface area (Å²) in [5.41, 5.74) is 2.15. The molecule has 1 aliphatic rings. The number of pyridine rings is 1. The van der Waals surface area contributed by atoms with Gasteiger partial charge in [-0.05, 0) is 24.1 Å². The minimum absolute atomic E-state index is 0.245. The van der Waals surface area contributed by atoms with Gasteiger partial charge < -0.3 is 15.2 Å². The van der Waals surface area contributed by atoms with E-state index in [1.165, 1.54) is 5.56 Å². The van der Waals surface area contributed by atoms with E-state index in [2.05, 4.69) is 21.4 Å². The van der Waals surface area contributed by atoms with Crippen molar-refractivity contribution in [3.05, 3.63) is 30.1 Å². The number of aromatic nitrogens is 2.